The van der Waals surface area contributed by atoms with Crippen LogP contribution in [-0.2, 0) is 4.79 Å². The molecule has 5 heteroatoms. The highest BCUT2D eigenvalue weighted by Gasteiger charge is 2.30. The normalized spacial score (nSPS) is 27.7. The van der Waals surface area contributed by atoms with Crippen LogP contribution in [0.2, 0.25) is 0 Å². The Morgan fingerprint density at radius 2 is 2.06 bits per heavy atom. The fraction of sp³-hybridized carbons (Fsp3) is 0.909. The molecule has 1 atom stereocenters. The van der Waals surface area contributed by atoms with Crippen molar-refractivity contribution in [3.63, 3.8) is 0 Å². The third kappa shape index (κ3) is 2.90. The van der Waals surface area contributed by atoms with Crippen LogP contribution < -0.4 is 5.32 Å². The fourth-order valence-corrected chi connectivity index (χ4v) is 3.29. The summed E-state index contributed by atoms with van der Waals surface area (Å²) in [5, 5.41) is 3.07. The van der Waals surface area contributed by atoms with Gasteiger partial charge in [-0.3, -0.25) is 9.69 Å². The average Bonchev–Trinajstić information content (AvgIpc) is 2.69. The van der Waals surface area contributed by atoms with Crippen molar-refractivity contribution in [3.8, 4) is 0 Å². The smallest absolute Gasteiger partial charge is 0.239 e. The monoisotopic (exact) mass is 243 g/mol. The molecule has 92 valence electrons. The third-order valence-electron chi connectivity index (χ3n) is 3.44. The fourth-order valence-electron chi connectivity index (χ4n) is 2.32. The predicted molar refractivity (Wildman–Crippen MR) is 67.8 cm³/mol. The SMILES string of the molecule is CNC1CCN(CCN2CCSCC2)C1=O. The molecule has 2 saturated heterocycles. The molecule has 0 saturated carbocycles. The zero-order valence-corrected chi connectivity index (χ0v) is 10.8. The van der Waals surface area contributed by atoms with Gasteiger partial charge in [0.1, 0.15) is 0 Å². The van der Waals surface area contributed by atoms with Crippen molar-refractivity contribution >= 4 is 17.7 Å². The first-order valence-electron chi connectivity index (χ1n) is 6.07. The van der Waals surface area contributed by atoms with E-state index in [-0.39, 0.29) is 11.9 Å². The van der Waals surface area contributed by atoms with Crippen molar-refractivity contribution in [1.29, 1.82) is 0 Å². The maximum absolute atomic E-state index is 11.9. The highest BCUT2D eigenvalue weighted by molar-refractivity contribution is 7.99. The number of likely N-dealkylation sites (N-methyl/N-ethyl adjacent to an activating group) is 1. The van der Waals surface area contributed by atoms with E-state index in [1.807, 2.05) is 23.7 Å². The highest BCUT2D eigenvalue weighted by Crippen LogP contribution is 2.12. The number of carbonyl (C=O) groups is 1. The van der Waals surface area contributed by atoms with E-state index in [4.69, 9.17) is 0 Å². The summed E-state index contributed by atoms with van der Waals surface area (Å²) in [7, 11) is 1.87. The Morgan fingerprint density at radius 1 is 1.31 bits per heavy atom. The Labute approximate surface area is 102 Å². The molecule has 2 fully saturated rings. The second kappa shape index (κ2) is 5.89. The minimum atomic E-state index is 0.0666. The quantitative estimate of drug-likeness (QED) is 0.745. The molecule has 0 spiro atoms. The lowest BCUT2D eigenvalue weighted by molar-refractivity contribution is -0.129. The second-order valence-electron chi connectivity index (χ2n) is 4.41. The summed E-state index contributed by atoms with van der Waals surface area (Å²) in [6, 6.07) is 0.0666. The molecule has 1 amide bonds. The van der Waals surface area contributed by atoms with E-state index in [1.54, 1.807) is 0 Å². The molecule has 4 nitrogen and oxygen atoms in total. The van der Waals surface area contributed by atoms with Crippen molar-refractivity contribution in [2.75, 3.05) is 51.3 Å². The molecule has 2 heterocycles. The van der Waals surface area contributed by atoms with Gasteiger partial charge in [-0.05, 0) is 13.5 Å². The van der Waals surface area contributed by atoms with E-state index in [0.717, 1.165) is 26.1 Å². The summed E-state index contributed by atoms with van der Waals surface area (Å²) < 4.78 is 0. The minimum absolute atomic E-state index is 0.0666. The Morgan fingerprint density at radius 3 is 2.69 bits per heavy atom. The Balaban J connectivity index is 1.71. The first-order valence-corrected chi connectivity index (χ1v) is 7.23. The number of likely N-dealkylation sites (tertiary alicyclic amines) is 1. The molecular weight excluding hydrogens is 222 g/mol. The molecule has 16 heavy (non-hydrogen) atoms. The molecule has 2 aliphatic heterocycles. The number of carbonyl (C=O) groups excluding carboxylic acids is 1. The summed E-state index contributed by atoms with van der Waals surface area (Å²) in [6.07, 6.45) is 0.963. The van der Waals surface area contributed by atoms with Crippen molar-refractivity contribution in [3.05, 3.63) is 0 Å². The number of hydrogen-bond donors (Lipinski definition) is 1. The van der Waals surface area contributed by atoms with Crippen LogP contribution in [0.3, 0.4) is 0 Å². The summed E-state index contributed by atoms with van der Waals surface area (Å²) in [6.45, 7) is 5.24. The van der Waals surface area contributed by atoms with Crippen molar-refractivity contribution in [1.82, 2.24) is 15.1 Å². The van der Waals surface area contributed by atoms with E-state index < -0.39 is 0 Å². The summed E-state index contributed by atoms with van der Waals surface area (Å²) in [4.78, 5) is 16.3. The van der Waals surface area contributed by atoms with Crippen LogP contribution >= 0.6 is 11.8 Å². The van der Waals surface area contributed by atoms with Gasteiger partial charge >= 0.3 is 0 Å². The van der Waals surface area contributed by atoms with Crippen molar-refractivity contribution in [2.24, 2.45) is 0 Å². The van der Waals surface area contributed by atoms with Gasteiger partial charge < -0.3 is 10.2 Å². The molecule has 0 bridgehead atoms. The number of rotatable bonds is 4. The Kier molecular flexibility index (Phi) is 4.49. The van der Waals surface area contributed by atoms with E-state index in [1.165, 1.54) is 24.6 Å². The Hall–Kier alpha value is -0.260. The third-order valence-corrected chi connectivity index (χ3v) is 4.38. The van der Waals surface area contributed by atoms with Crippen LogP contribution in [0.15, 0.2) is 0 Å². The molecular formula is C11H21N3OS. The van der Waals surface area contributed by atoms with Crippen molar-refractivity contribution < 1.29 is 4.79 Å². The van der Waals surface area contributed by atoms with Crippen LogP contribution in [0.1, 0.15) is 6.42 Å². The van der Waals surface area contributed by atoms with Crippen LogP contribution in [0.5, 0.6) is 0 Å². The number of nitrogens with one attached hydrogen (secondary N) is 1. The second-order valence-corrected chi connectivity index (χ2v) is 5.63. The maximum Gasteiger partial charge on any atom is 0.239 e. The molecule has 2 aliphatic rings. The zero-order chi connectivity index (χ0) is 11.4. The first-order chi connectivity index (χ1) is 7.81. The van der Waals surface area contributed by atoms with Crippen LogP contribution in [-0.4, -0.2) is 73.0 Å². The molecule has 0 aromatic carbocycles. The van der Waals surface area contributed by atoms with Gasteiger partial charge in [0.15, 0.2) is 0 Å². The molecule has 2 rings (SSSR count). The lowest BCUT2D eigenvalue weighted by atomic mass is 10.3. The molecule has 0 radical (unpaired) electrons. The van der Waals surface area contributed by atoms with Gasteiger partial charge in [0.05, 0.1) is 6.04 Å². The Bertz CT molecular complexity index is 243. The largest absolute Gasteiger partial charge is 0.340 e. The number of thioether (sulfide) groups is 1. The van der Waals surface area contributed by atoms with Gasteiger partial charge in [-0.15, -0.1) is 0 Å². The van der Waals surface area contributed by atoms with Crippen LogP contribution in [0.25, 0.3) is 0 Å². The van der Waals surface area contributed by atoms with Crippen LogP contribution in [0, 0.1) is 0 Å². The topological polar surface area (TPSA) is 35.6 Å². The highest BCUT2D eigenvalue weighted by atomic mass is 32.2. The number of nitrogens with zero attached hydrogens (tertiary/aromatic N) is 2. The molecule has 0 aromatic rings. The molecule has 1 unspecified atom stereocenters. The van der Waals surface area contributed by atoms with Gasteiger partial charge in [0.2, 0.25) is 5.91 Å². The van der Waals surface area contributed by atoms with Gasteiger partial charge in [-0.1, -0.05) is 0 Å². The lowest BCUT2D eigenvalue weighted by Gasteiger charge is -2.28. The lowest BCUT2D eigenvalue weighted by Crippen LogP contribution is -2.42. The maximum atomic E-state index is 11.9. The summed E-state index contributed by atoms with van der Waals surface area (Å²) >= 11 is 2.03. The predicted octanol–water partition coefficient (Wildman–Crippen LogP) is -0.144. The average molecular weight is 243 g/mol. The van der Waals surface area contributed by atoms with E-state index in [0.29, 0.717) is 0 Å². The first kappa shape index (κ1) is 12.2. The molecule has 0 aliphatic carbocycles. The number of amides is 1. The van der Waals surface area contributed by atoms with E-state index >= 15 is 0 Å². The summed E-state index contributed by atoms with van der Waals surface area (Å²) in [5.74, 6) is 2.77. The van der Waals surface area contributed by atoms with Gasteiger partial charge in [0, 0.05) is 44.2 Å². The van der Waals surface area contributed by atoms with E-state index in [9.17, 15) is 4.79 Å². The van der Waals surface area contributed by atoms with Gasteiger partial charge in [-0.25, -0.2) is 0 Å². The number of hydrogen-bond acceptors (Lipinski definition) is 4. The van der Waals surface area contributed by atoms with E-state index in [2.05, 4.69) is 10.2 Å². The van der Waals surface area contributed by atoms with Crippen LogP contribution in [0.4, 0.5) is 0 Å². The molecule has 0 aromatic heterocycles. The van der Waals surface area contributed by atoms with Gasteiger partial charge in [-0.2, -0.15) is 11.8 Å². The van der Waals surface area contributed by atoms with Gasteiger partial charge in [0.25, 0.3) is 0 Å². The summed E-state index contributed by atoms with van der Waals surface area (Å²) in [5.41, 5.74) is 0. The zero-order valence-electron chi connectivity index (χ0n) is 9.95. The minimum Gasteiger partial charge on any atom is -0.340 e. The van der Waals surface area contributed by atoms with Crippen molar-refractivity contribution in [2.45, 2.75) is 12.5 Å². The molecule has 1 N–H and O–H groups in total. The standard InChI is InChI=1S/C11H21N3OS/c1-12-10-2-3-14(11(10)15)5-4-13-6-8-16-9-7-13/h10,12H,2-9H2,1H3.